The number of aromatic nitrogens is 1. The molecule has 0 fully saturated rings. The fourth-order valence-corrected chi connectivity index (χ4v) is 3.88. The minimum Gasteiger partial charge on any atom is -0.486 e. The molecule has 3 aromatic rings. The second kappa shape index (κ2) is 8.63. The van der Waals surface area contributed by atoms with Crippen LogP contribution in [-0.4, -0.2) is 42.6 Å². The van der Waals surface area contributed by atoms with Crippen LogP contribution >= 0.6 is 11.3 Å². The fraction of sp³-hybridized carbons (Fsp3) is 0.273. The van der Waals surface area contributed by atoms with E-state index in [0.29, 0.717) is 24.9 Å². The quantitative estimate of drug-likeness (QED) is 0.668. The van der Waals surface area contributed by atoms with Crippen molar-refractivity contribution < 1.29 is 14.3 Å². The van der Waals surface area contributed by atoms with Crippen LogP contribution in [0.5, 0.6) is 11.5 Å². The van der Waals surface area contributed by atoms with Crippen LogP contribution in [0, 0.1) is 6.92 Å². The van der Waals surface area contributed by atoms with Gasteiger partial charge in [-0.1, -0.05) is 35.9 Å². The number of carbonyl (C=O) groups excluding carboxylic acids is 1. The molecule has 6 nitrogen and oxygen atoms in total. The Bertz CT molecular complexity index is 1000. The number of fused-ring (bicyclic) bond motifs is 1. The van der Waals surface area contributed by atoms with Crippen LogP contribution in [0.3, 0.4) is 0 Å². The van der Waals surface area contributed by atoms with Crippen LogP contribution < -0.4 is 14.8 Å². The molecule has 0 bridgehead atoms. The van der Waals surface area contributed by atoms with E-state index in [-0.39, 0.29) is 12.5 Å². The molecule has 1 aliphatic rings. The summed E-state index contributed by atoms with van der Waals surface area (Å²) in [4.78, 5) is 18.9. The highest BCUT2D eigenvalue weighted by Crippen LogP contribution is 2.31. The molecule has 1 N–H and O–H groups in total. The van der Waals surface area contributed by atoms with Gasteiger partial charge < -0.3 is 14.8 Å². The van der Waals surface area contributed by atoms with Gasteiger partial charge in [-0.15, -0.1) is 11.3 Å². The lowest BCUT2D eigenvalue weighted by Crippen LogP contribution is -2.29. The van der Waals surface area contributed by atoms with Gasteiger partial charge in [-0.25, -0.2) is 4.98 Å². The Kier molecular flexibility index (Phi) is 5.78. The minimum absolute atomic E-state index is 0.0881. The summed E-state index contributed by atoms with van der Waals surface area (Å²) in [6.07, 6.45) is 0. The summed E-state index contributed by atoms with van der Waals surface area (Å²) in [7, 11) is 1.91. The summed E-state index contributed by atoms with van der Waals surface area (Å²) in [5.74, 6) is 1.45. The first-order chi connectivity index (χ1) is 14.1. The third kappa shape index (κ3) is 4.93. The number of nitrogens with zero attached hydrogens (tertiary/aromatic N) is 2. The lowest BCUT2D eigenvalue weighted by atomic mass is 10.1. The predicted octanol–water partition coefficient (Wildman–Crippen LogP) is 3.96. The summed E-state index contributed by atoms with van der Waals surface area (Å²) >= 11 is 1.43. The highest BCUT2D eigenvalue weighted by atomic mass is 32.1. The van der Waals surface area contributed by atoms with Crippen LogP contribution in [0.2, 0.25) is 0 Å². The molecule has 150 valence electrons. The molecule has 4 rings (SSSR count). The van der Waals surface area contributed by atoms with Crippen LogP contribution in [0.15, 0.2) is 47.8 Å². The largest absolute Gasteiger partial charge is 0.486 e. The van der Waals surface area contributed by atoms with Crippen molar-refractivity contribution in [3.05, 3.63) is 59.0 Å². The molecule has 1 amide bonds. The molecular weight excluding hydrogens is 386 g/mol. The van der Waals surface area contributed by atoms with Gasteiger partial charge >= 0.3 is 0 Å². The van der Waals surface area contributed by atoms with Crippen molar-refractivity contribution in [2.24, 2.45) is 0 Å². The zero-order valence-corrected chi connectivity index (χ0v) is 17.3. The number of ether oxygens (including phenoxy) is 2. The predicted molar refractivity (Wildman–Crippen MR) is 115 cm³/mol. The standard InChI is InChI=1S/C22H23N3O3S/c1-15-3-6-17(7-4-15)18-14-29-22(23-18)24-21(26)13-25(2)12-16-5-8-19-20(11-16)28-10-9-27-19/h3-8,11,14H,9-10,12-13H2,1-2H3,(H,23,24,26). The number of hydrogen-bond acceptors (Lipinski definition) is 6. The molecule has 0 unspecified atom stereocenters. The van der Waals surface area contributed by atoms with Crippen LogP contribution in [0.25, 0.3) is 11.3 Å². The normalized spacial score (nSPS) is 12.8. The van der Waals surface area contributed by atoms with Gasteiger partial charge in [-0.3, -0.25) is 9.69 Å². The minimum atomic E-state index is -0.0881. The number of likely N-dealkylation sites (N-methyl/N-ethyl adjacent to an activating group) is 1. The zero-order valence-electron chi connectivity index (χ0n) is 16.5. The van der Waals surface area contributed by atoms with E-state index in [2.05, 4.69) is 29.4 Å². The molecule has 0 aliphatic carbocycles. The van der Waals surface area contributed by atoms with Crippen molar-refractivity contribution in [1.82, 2.24) is 9.88 Å². The summed E-state index contributed by atoms with van der Waals surface area (Å²) in [6, 6.07) is 14.1. The van der Waals surface area contributed by atoms with E-state index < -0.39 is 0 Å². The zero-order chi connectivity index (χ0) is 20.2. The number of thiazole rings is 1. The second-order valence-corrected chi connectivity index (χ2v) is 7.96. The Hall–Kier alpha value is -2.90. The van der Waals surface area contributed by atoms with Gasteiger partial charge in [0, 0.05) is 17.5 Å². The van der Waals surface area contributed by atoms with Crippen molar-refractivity contribution in [3.63, 3.8) is 0 Å². The first-order valence-corrected chi connectivity index (χ1v) is 10.3. The van der Waals surface area contributed by atoms with Crippen molar-refractivity contribution >= 4 is 22.4 Å². The first-order valence-electron chi connectivity index (χ1n) is 9.46. The molecule has 0 spiro atoms. The highest BCUT2D eigenvalue weighted by molar-refractivity contribution is 7.14. The molecule has 0 atom stereocenters. The lowest BCUT2D eigenvalue weighted by Gasteiger charge is -2.20. The number of carbonyl (C=O) groups is 1. The van der Waals surface area contributed by atoms with E-state index in [1.807, 2.05) is 47.7 Å². The van der Waals surface area contributed by atoms with Crippen LogP contribution in [0.1, 0.15) is 11.1 Å². The van der Waals surface area contributed by atoms with Gasteiger partial charge in [-0.05, 0) is 31.7 Å². The summed E-state index contributed by atoms with van der Waals surface area (Å²) < 4.78 is 11.2. The molecule has 0 radical (unpaired) electrons. The first kappa shape index (κ1) is 19.4. The van der Waals surface area contributed by atoms with Crippen molar-refractivity contribution in [2.75, 3.05) is 32.1 Å². The Morgan fingerprint density at radius 1 is 1.14 bits per heavy atom. The third-order valence-corrected chi connectivity index (χ3v) is 5.33. The molecule has 2 heterocycles. The van der Waals surface area contributed by atoms with Gasteiger partial charge in [0.15, 0.2) is 16.6 Å². The Labute approximate surface area is 174 Å². The number of aryl methyl sites for hydroxylation is 1. The maximum absolute atomic E-state index is 12.4. The average molecular weight is 410 g/mol. The monoisotopic (exact) mass is 409 g/mol. The second-order valence-electron chi connectivity index (χ2n) is 7.10. The maximum atomic E-state index is 12.4. The van der Waals surface area contributed by atoms with E-state index in [1.54, 1.807) is 0 Å². The number of amides is 1. The van der Waals surface area contributed by atoms with E-state index in [4.69, 9.17) is 9.47 Å². The van der Waals surface area contributed by atoms with E-state index >= 15 is 0 Å². The van der Waals surface area contributed by atoms with Crippen molar-refractivity contribution in [3.8, 4) is 22.8 Å². The lowest BCUT2D eigenvalue weighted by molar-refractivity contribution is -0.117. The number of hydrogen-bond donors (Lipinski definition) is 1. The van der Waals surface area contributed by atoms with Crippen LogP contribution in [-0.2, 0) is 11.3 Å². The number of benzene rings is 2. The SMILES string of the molecule is Cc1ccc(-c2csc(NC(=O)CN(C)Cc3ccc4c(c3)OCCO4)n2)cc1. The third-order valence-electron chi connectivity index (χ3n) is 4.57. The summed E-state index contributed by atoms with van der Waals surface area (Å²) in [5, 5.41) is 5.46. The topological polar surface area (TPSA) is 63.7 Å². The molecule has 7 heteroatoms. The van der Waals surface area contributed by atoms with Gasteiger partial charge in [-0.2, -0.15) is 0 Å². The molecule has 0 saturated carbocycles. The van der Waals surface area contributed by atoms with Gasteiger partial charge in [0.25, 0.3) is 0 Å². The number of anilines is 1. The molecule has 1 aliphatic heterocycles. The maximum Gasteiger partial charge on any atom is 0.240 e. The van der Waals surface area contributed by atoms with E-state index in [9.17, 15) is 4.79 Å². The summed E-state index contributed by atoms with van der Waals surface area (Å²) in [5.41, 5.74) is 4.19. The van der Waals surface area contributed by atoms with Crippen molar-refractivity contribution in [1.29, 1.82) is 0 Å². The molecule has 0 saturated heterocycles. The number of rotatable bonds is 6. The molecule has 29 heavy (non-hydrogen) atoms. The smallest absolute Gasteiger partial charge is 0.240 e. The van der Waals surface area contributed by atoms with E-state index in [0.717, 1.165) is 28.3 Å². The Morgan fingerprint density at radius 2 is 1.90 bits per heavy atom. The van der Waals surface area contributed by atoms with E-state index in [1.165, 1.54) is 16.9 Å². The summed E-state index contributed by atoms with van der Waals surface area (Å²) in [6.45, 7) is 4.10. The Balaban J connectivity index is 1.32. The number of nitrogens with one attached hydrogen (secondary N) is 1. The molecular formula is C22H23N3O3S. The molecule has 1 aromatic heterocycles. The fourth-order valence-electron chi connectivity index (χ4n) is 3.15. The van der Waals surface area contributed by atoms with Gasteiger partial charge in [0.2, 0.25) is 5.91 Å². The molecule has 2 aromatic carbocycles. The van der Waals surface area contributed by atoms with Gasteiger partial charge in [0.1, 0.15) is 13.2 Å². The van der Waals surface area contributed by atoms with Crippen molar-refractivity contribution in [2.45, 2.75) is 13.5 Å². The Morgan fingerprint density at radius 3 is 2.69 bits per heavy atom. The average Bonchev–Trinajstić information content (AvgIpc) is 3.16. The van der Waals surface area contributed by atoms with Gasteiger partial charge in [0.05, 0.1) is 12.2 Å². The van der Waals surface area contributed by atoms with Crippen LogP contribution in [0.4, 0.5) is 5.13 Å². The highest BCUT2D eigenvalue weighted by Gasteiger charge is 2.14.